The summed E-state index contributed by atoms with van der Waals surface area (Å²) in [6, 6.07) is 0. The van der Waals surface area contributed by atoms with Crippen molar-refractivity contribution in [3.63, 3.8) is 0 Å². The van der Waals surface area contributed by atoms with Gasteiger partial charge in [-0.3, -0.25) is 0 Å². The van der Waals surface area contributed by atoms with Crippen molar-refractivity contribution < 1.29 is 0 Å². The van der Waals surface area contributed by atoms with E-state index < -0.39 is 0 Å². The van der Waals surface area contributed by atoms with E-state index in [2.05, 4.69) is 91.3 Å². The SMILES string of the molecule is C=C(C)/C(CN(C)C)=C(C)\C(CN(C)C)=C(\C)C(C)CN(C)C. The van der Waals surface area contributed by atoms with Gasteiger partial charge in [0.2, 0.25) is 0 Å². The van der Waals surface area contributed by atoms with Gasteiger partial charge in [-0.1, -0.05) is 24.6 Å². The molecule has 0 aromatic rings. The lowest BCUT2D eigenvalue weighted by molar-refractivity contribution is 0.360. The van der Waals surface area contributed by atoms with E-state index in [0.29, 0.717) is 5.92 Å². The van der Waals surface area contributed by atoms with Gasteiger partial charge in [-0.2, -0.15) is 0 Å². The van der Waals surface area contributed by atoms with Crippen molar-refractivity contribution in [2.24, 2.45) is 5.92 Å². The molecular weight excluding hydrogens is 282 g/mol. The van der Waals surface area contributed by atoms with Gasteiger partial charge in [-0.25, -0.2) is 0 Å². The van der Waals surface area contributed by atoms with Gasteiger partial charge >= 0.3 is 0 Å². The van der Waals surface area contributed by atoms with Crippen LogP contribution in [0.15, 0.2) is 34.4 Å². The van der Waals surface area contributed by atoms with Crippen molar-refractivity contribution >= 4 is 0 Å². The first-order chi connectivity index (χ1) is 10.5. The largest absolute Gasteiger partial charge is 0.309 e. The predicted molar refractivity (Wildman–Crippen MR) is 105 cm³/mol. The molecule has 0 bridgehead atoms. The van der Waals surface area contributed by atoms with Crippen LogP contribution in [-0.4, -0.2) is 76.6 Å². The molecule has 0 aliphatic carbocycles. The van der Waals surface area contributed by atoms with E-state index in [0.717, 1.165) is 19.6 Å². The zero-order chi connectivity index (χ0) is 18.3. The molecule has 1 atom stereocenters. The summed E-state index contributed by atoms with van der Waals surface area (Å²) in [6.45, 7) is 16.2. The molecule has 0 saturated carbocycles. The van der Waals surface area contributed by atoms with Gasteiger partial charge < -0.3 is 14.7 Å². The summed E-state index contributed by atoms with van der Waals surface area (Å²) in [4.78, 5) is 6.75. The second kappa shape index (κ2) is 10.1. The maximum Gasteiger partial charge on any atom is 0.0232 e. The predicted octanol–water partition coefficient (Wildman–Crippen LogP) is 3.52. The summed E-state index contributed by atoms with van der Waals surface area (Å²) in [5.41, 5.74) is 6.87. The van der Waals surface area contributed by atoms with Gasteiger partial charge in [0.25, 0.3) is 0 Å². The van der Waals surface area contributed by atoms with Crippen LogP contribution in [0, 0.1) is 5.92 Å². The fourth-order valence-electron chi connectivity index (χ4n) is 2.91. The molecule has 0 spiro atoms. The average molecular weight is 322 g/mol. The molecule has 23 heavy (non-hydrogen) atoms. The molecule has 0 radical (unpaired) electrons. The molecule has 0 saturated heterocycles. The first kappa shape index (κ1) is 22.1. The van der Waals surface area contributed by atoms with Crippen LogP contribution in [0.3, 0.4) is 0 Å². The van der Waals surface area contributed by atoms with Crippen molar-refractivity contribution in [3.8, 4) is 0 Å². The monoisotopic (exact) mass is 321 g/mol. The van der Waals surface area contributed by atoms with Crippen molar-refractivity contribution in [1.29, 1.82) is 0 Å². The highest BCUT2D eigenvalue weighted by Gasteiger charge is 2.16. The van der Waals surface area contributed by atoms with Crippen molar-refractivity contribution in [3.05, 3.63) is 34.4 Å². The minimum atomic E-state index is 0.542. The fourth-order valence-corrected chi connectivity index (χ4v) is 2.91. The molecule has 3 heteroatoms. The average Bonchev–Trinajstić information content (AvgIpc) is 2.39. The van der Waals surface area contributed by atoms with Gasteiger partial charge in [0, 0.05) is 19.6 Å². The zero-order valence-electron chi connectivity index (χ0n) is 17.2. The quantitative estimate of drug-likeness (QED) is 0.602. The third kappa shape index (κ3) is 7.96. The Morgan fingerprint density at radius 3 is 1.57 bits per heavy atom. The third-order valence-corrected chi connectivity index (χ3v) is 4.22. The summed E-state index contributed by atoms with van der Waals surface area (Å²) in [7, 11) is 12.8. The molecule has 0 heterocycles. The van der Waals surface area contributed by atoms with Crippen LogP contribution in [0.5, 0.6) is 0 Å². The summed E-state index contributed by atoms with van der Waals surface area (Å²) in [5.74, 6) is 0.542. The lowest BCUT2D eigenvalue weighted by Gasteiger charge is -2.26. The highest BCUT2D eigenvalue weighted by Crippen LogP contribution is 2.27. The normalized spacial score (nSPS) is 15.9. The molecule has 0 N–H and O–H groups in total. The molecule has 3 nitrogen and oxygen atoms in total. The van der Waals surface area contributed by atoms with E-state index in [1.165, 1.54) is 27.9 Å². The molecule has 0 aliphatic heterocycles. The smallest absolute Gasteiger partial charge is 0.0232 e. The maximum atomic E-state index is 4.21. The summed E-state index contributed by atoms with van der Waals surface area (Å²) >= 11 is 0. The summed E-state index contributed by atoms with van der Waals surface area (Å²) < 4.78 is 0. The first-order valence-electron chi connectivity index (χ1n) is 8.47. The van der Waals surface area contributed by atoms with E-state index >= 15 is 0 Å². The van der Waals surface area contributed by atoms with Crippen LogP contribution >= 0.6 is 0 Å². The third-order valence-electron chi connectivity index (χ3n) is 4.22. The second-order valence-corrected chi connectivity index (χ2v) is 7.68. The summed E-state index contributed by atoms with van der Waals surface area (Å²) in [6.07, 6.45) is 0. The van der Waals surface area contributed by atoms with Gasteiger partial charge in [-0.05, 0) is 85.7 Å². The van der Waals surface area contributed by atoms with E-state index in [4.69, 9.17) is 0 Å². The van der Waals surface area contributed by atoms with Crippen molar-refractivity contribution in [2.45, 2.75) is 27.7 Å². The van der Waals surface area contributed by atoms with Gasteiger partial charge in [0.15, 0.2) is 0 Å². The Morgan fingerprint density at radius 2 is 1.22 bits per heavy atom. The lowest BCUT2D eigenvalue weighted by atomic mass is 9.88. The van der Waals surface area contributed by atoms with Crippen LogP contribution in [0.2, 0.25) is 0 Å². The molecule has 0 rings (SSSR count). The standard InChI is InChI=1S/C20H39N3/c1-15(2)19(13-22(8)9)18(5)20(14-23(10)11)17(4)16(3)12-21(6)7/h16H,1,12-14H2,2-11H3/b19-18-,20-17-. The van der Waals surface area contributed by atoms with E-state index in [1.807, 2.05) is 0 Å². The minimum Gasteiger partial charge on any atom is -0.309 e. The molecule has 0 amide bonds. The van der Waals surface area contributed by atoms with Gasteiger partial charge in [0.05, 0.1) is 0 Å². The van der Waals surface area contributed by atoms with Crippen LogP contribution in [0.1, 0.15) is 27.7 Å². The van der Waals surface area contributed by atoms with Crippen LogP contribution in [-0.2, 0) is 0 Å². The molecule has 0 aromatic carbocycles. The lowest BCUT2D eigenvalue weighted by Crippen LogP contribution is -2.24. The van der Waals surface area contributed by atoms with Crippen molar-refractivity contribution in [2.75, 3.05) is 61.9 Å². The molecule has 1 unspecified atom stereocenters. The molecule has 0 aromatic heterocycles. The van der Waals surface area contributed by atoms with Crippen molar-refractivity contribution in [1.82, 2.24) is 14.7 Å². The summed E-state index contributed by atoms with van der Waals surface area (Å²) in [5, 5.41) is 0. The highest BCUT2D eigenvalue weighted by molar-refractivity contribution is 5.45. The molecule has 0 aliphatic rings. The Labute approximate surface area is 145 Å². The Kier molecular flexibility index (Phi) is 9.67. The van der Waals surface area contributed by atoms with Crippen LogP contribution in [0.4, 0.5) is 0 Å². The fraction of sp³-hybridized carbons (Fsp3) is 0.700. The topological polar surface area (TPSA) is 9.72 Å². The first-order valence-corrected chi connectivity index (χ1v) is 8.47. The maximum absolute atomic E-state index is 4.21. The highest BCUT2D eigenvalue weighted by atomic mass is 15.1. The number of hydrogen-bond donors (Lipinski definition) is 0. The Balaban J connectivity index is 5.98. The second-order valence-electron chi connectivity index (χ2n) is 7.68. The minimum absolute atomic E-state index is 0.542. The molecular formula is C20H39N3. The number of rotatable bonds is 9. The van der Waals surface area contributed by atoms with Gasteiger partial charge in [0.1, 0.15) is 0 Å². The molecule has 134 valence electrons. The number of hydrogen-bond acceptors (Lipinski definition) is 3. The van der Waals surface area contributed by atoms with E-state index in [1.54, 1.807) is 0 Å². The number of likely N-dealkylation sites (N-methyl/N-ethyl adjacent to an activating group) is 2. The van der Waals surface area contributed by atoms with E-state index in [9.17, 15) is 0 Å². The Bertz CT molecular complexity index is 454. The van der Waals surface area contributed by atoms with Crippen LogP contribution < -0.4 is 0 Å². The Hall–Kier alpha value is -0.900. The zero-order valence-corrected chi connectivity index (χ0v) is 17.2. The number of nitrogens with zero attached hydrogens (tertiary/aromatic N) is 3. The molecule has 0 fully saturated rings. The van der Waals surface area contributed by atoms with E-state index in [-0.39, 0.29) is 0 Å². The van der Waals surface area contributed by atoms with Gasteiger partial charge in [-0.15, -0.1) is 0 Å². The Morgan fingerprint density at radius 1 is 0.783 bits per heavy atom. The van der Waals surface area contributed by atoms with Crippen LogP contribution in [0.25, 0.3) is 0 Å².